The Hall–Kier alpha value is -2.01. The molecule has 0 aromatic heterocycles. The Morgan fingerprint density at radius 1 is 1.11 bits per heavy atom. The SMILES string of the molecule is O=C(CC(=O)N1CCN(c2cccc(Cl)c2)CC1)NCCC1=CCCCC1. The number of halogens is 1. The van der Waals surface area contributed by atoms with Crippen molar-refractivity contribution < 1.29 is 9.59 Å². The van der Waals surface area contributed by atoms with E-state index in [2.05, 4.69) is 16.3 Å². The maximum Gasteiger partial charge on any atom is 0.232 e. The van der Waals surface area contributed by atoms with E-state index in [-0.39, 0.29) is 18.2 Å². The molecule has 2 aliphatic rings. The first-order valence-corrected chi connectivity index (χ1v) is 10.2. The van der Waals surface area contributed by atoms with Crippen molar-refractivity contribution in [3.63, 3.8) is 0 Å². The third-order valence-corrected chi connectivity index (χ3v) is 5.51. The molecule has 0 radical (unpaired) electrons. The van der Waals surface area contributed by atoms with Crippen molar-refractivity contribution in [1.82, 2.24) is 10.2 Å². The van der Waals surface area contributed by atoms with Crippen LogP contribution in [0, 0.1) is 0 Å². The lowest BCUT2D eigenvalue weighted by Crippen LogP contribution is -2.49. The van der Waals surface area contributed by atoms with E-state index in [9.17, 15) is 9.59 Å². The van der Waals surface area contributed by atoms with Crippen LogP contribution in [0.4, 0.5) is 5.69 Å². The van der Waals surface area contributed by atoms with Crippen LogP contribution in [0.15, 0.2) is 35.9 Å². The van der Waals surface area contributed by atoms with Crippen LogP contribution in [-0.2, 0) is 9.59 Å². The van der Waals surface area contributed by atoms with Gasteiger partial charge in [-0.1, -0.05) is 29.3 Å². The topological polar surface area (TPSA) is 52.7 Å². The highest BCUT2D eigenvalue weighted by molar-refractivity contribution is 6.30. The fourth-order valence-electron chi connectivity index (χ4n) is 3.69. The molecule has 0 atom stereocenters. The van der Waals surface area contributed by atoms with E-state index in [0.29, 0.717) is 24.7 Å². The van der Waals surface area contributed by atoms with Gasteiger partial charge in [-0.05, 0) is 50.3 Å². The van der Waals surface area contributed by atoms with Gasteiger partial charge in [0.1, 0.15) is 6.42 Å². The second kappa shape index (κ2) is 9.79. The number of anilines is 1. The average Bonchev–Trinajstić information content (AvgIpc) is 2.69. The zero-order valence-corrected chi connectivity index (χ0v) is 16.5. The molecule has 5 nitrogen and oxygen atoms in total. The second-order valence-corrected chi connectivity index (χ2v) is 7.67. The molecule has 1 aromatic rings. The van der Waals surface area contributed by atoms with E-state index in [1.54, 1.807) is 4.90 Å². The number of allylic oxidation sites excluding steroid dienone is 1. The van der Waals surface area contributed by atoms with Crippen molar-refractivity contribution in [2.45, 2.75) is 38.5 Å². The molecular formula is C21H28ClN3O2. The zero-order chi connectivity index (χ0) is 19.1. The minimum atomic E-state index is -0.173. The molecule has 1 aliphatic heterocycles. The smallest absolute Gasteiger partial charge is 0.232 e. The maximum atomic E-state index is 12.4. The number of nitrogens with zero attached hydrogens (tertiary/aromatic N) is 2. The normalized spacial score (nSPS) is 17.4. The van der Waals surface area contributed by atoms with E-state index in [1.807, 2.05) is 24.3 Å². The Balaban J connectivity index is 1.37. The molecule has 0 bridgehead atoms. The molecule has 1 aromatic carbocycles. The molecule has 1 aliphatic carbocycles. The van der Waals surface area contributed by atoms with Crippen LogP contribution < -0.4 is 10.2 Å². The van der Waals surface area contributed by atoms with E-state index in [0.717, 1.165) is 38.0 Å². The van der Waals surface area contributed by atoms with Gasteiger partial charge in [-0.15, -0.1) is 0 Å². The van der Waals surface area contributed by atoms with Gasteiger partial charge in [0.2, 0.25) is 11.8 Å². The van der Waals surface area contributed by atoms with Crippen LogP contribution in [-0.4, -0.2) is 49.4 Å². The van der Waals surface area contributed by atoms with Gasteiger partial charge in [-0.25, -0.2) is 0 Å². The summed E-state index contributed by atoms with van der Waals surface area (Å²) in [5.74, 6) is -0.260. The number of carbonyl (C=O) groups is 2. The first-order chi connectivity index (χ1) is 13.1. The third kappa shape index (κ3) is 5.99. The maximum absolute atomic E-state index is 12.4. The van der Waals surface area contributed by atoms with Crippen LogP contribution in [0.3, 0.4) is 0 Å². The average molecular weight is 390 g/mol. The van der Waals surface area contributed by atoms with Gasteiger partial charge in [0.15, 0.2) is 0 Å². The molecular weight excluding hydrogens is 362 g/mol. The van der Waals surface area contributed by atoms with Crippen LogP contribution in [0.5, 0.6) is 0 Å². The summed E-state index contributed by atoms with van der Waals surface area (Å²) in [6, 6.07) is 7.75. The number of benzene rings is 1. The number of nitrogens with one attached hydrogen (secondary N) is 1. The molecule has 1 heterocycles. The lowest BCUT2D eigenvalue weighted by atomic mass is 9.97. The standard InChI is InChI=1S/C21H28ClN3O2/c22-18-7-4-8-19(15-18)24-11-13-25(14-12-24)21(27)16-20(26)23-10-9-17-5-2-1-3-6-17/h4-5,7-8,15H,1-3,6,9-14,16H2,(H,23,26). The number of piperazine rings is 1. The van der Waals surface area contributed by atoms with E-state index in [4.69, 9.17) is 11.6 Å². The van der Waals surface area contributed by atoms with Crippen molar-refractivity contribution in [1.29, 1.82) is 0 Å². The van der Waals surface area contributed by atoms with E-state index >= 15 is 0 Å². The molecule has 2 amide bonds. The molecule has 0 unspecified atom stereocenters. The Labute approximate surface area is 166 Å². The van der Waals surface area contributed by atoms with Crippen molar-refractivity contribution in [2.75, 3.05) is 37.6 Å². The minimum absolute atomic E-state index is 0.0593. The number of carbonyl (C=O) groups excluding carboxylic acids is 2. The predicted molar refractivity (Wildman–Crippen MR) is 109 cm³/mol. The predicted octanol–water partition coefficient (Wildman–Crippen LogP) is 3.39. The van der Waals surface area contributed by atoms with Crippen molar-refractivity contribution in [3.8, 4) is 0 Å². The Kier molecular flexibility index (Phi) is 7.16. The summed E-state index contributed by atoms with van der Waals surface area (Å²) in [6.45, 7) is 3.39. The van der Waals surface area contributed by atoms with Gasteiger partial charge < -0.3 is 15.1 Å². The number of hydrogen-bond donors (Lipinski definition) is 1. The first kappa shape index (κ1) is 19.7. The van der Waals surface area contributed by atoms with Gasteiger partial charge in [0.25, 0.3) is 0 Å². The summed E-state index contributed by atoms with van der Waals surface area (Å²) in [7, 11) is 0. The molecule has 0 saturated carbocycles. The van der Waals surface area contributed by atoms with Crippen LogP contribution >= 0.6 is 11.6 Å². The summed E-state index contributed by atoms with van der Waals surface area (Å²) in [6.07, 6.45) is 7.96. The summed E-state index contributed by atoms with van der Waals surface area (Å²) in [5, 5.41) is 3.60. The Bertz CT molecular complexity index is 696. The third-order valence-electron chi connectivity index (χ3n) is 5.27. The van der Waals surface area contributed by atoms with Gasteiger partial charge in [-0.2, -0.15) is 0 Å². The Morgan fingerprint density at radius 2 is 1.93 bits per heavy atom. The van der Waals surface area contributed by atoms with Crippen molar-refractivity contribution in [3.05, 3.63) is 40.9 Å². The first-order valence-electron chi connectivity index (χ1n) is 9.85. The molecule has 0 spiro atoms. The van der Waals surface area contributed by atoms with Crippen LogP contribution in [0.2, 0.25) is 5.02 Å². The quantitative estimate of drug-likeness (QED) is 0.599. The number of hydrogen-bond acceptors (Lipinski definition) is 3. The molecule has 1 N–H and O–H groups in total. The molecule has 6 heteroatoms. The minimum Gasteiger partial charge on any atom is -0.368 e. The monoisotopic (exact) mass is 389 g/mol. The largest absolute Gasteiger partial charge is 0.368 e. The van der Waals surface area contributed by atoms with Gasteiger partial charge >= 0.3 is 0 Å². The second-order valence-electron chi connectivity index (χ2n) is 7.23. The highest BCUT2D eigenvalue weighted by Gasteiger charge is 2.23. The zero-order valence-electron chi connectivity index (χ0n) is 15.8. The van der Waals surface area contributed by atoms with Crippen LogP contribution in [0.25, 0.3) is 0 Å². The van der Waals surface area contributed by atoms with Crippen LogP contribution in [0.1, 0.15) is 38.5 Å². The van der Waals surface area contributed by atoms with Gasteiger partial charge in [-0.3, -0.25) is 9.59 Å². The summed E-state index contributed by atoms with van der Waals surface area (Å²) < 4.78 is 0. The van der Waals surface area contributed by atoms with Crippen molar-refractivity contribution >= 4 is 29.1 Å². The Morgan fingerprint density at radius 3 is 2.63 bits per heavy atom. The van der Waals surface area contributed by atoms with Gasteiger partial charge in [0.05, 0.1) is 0 Å². The van der Waals surface area contributed by atoms with E-state index in [1.165, 1.54) is 18.4 Å². The van der Waals surface area contributed by atoms with E-state index < -0.39 is 0 Å². The highest BCUT2D eigenvalue weighted by Crippen LogP contribution is 2.21. The fourth-order valence-corrected chi connectivity index (χ4v) is 3.88. The van der Waals surface area contributed by atoms with Crippen molar-refractivity contribution in [2.24, 2.45) is 0 Å². The molecule has 3 rings (SSSR count). The molecule has 27 heavy (non-hydrogen) atoms. The summed E-state index contributed by atoms with van der Waals surface area (Å²) in [4.78, 5) is 28.4. The molecule has 1 saturated heterocycles. The summed E-state index contributed by atoms with van der Waals surface area (Å²) in [5.41, 5.74) is 2.51. The highest BCUT2D eigenvalue weighted by atomic mass is 35.5. The lowest BCUT2D eigenvalue weighted by molar-refractivity contribution is -0.136. The summed E-state index contributed by atoms with van der Waals surface area (Å²) >= 11 is 6.05. The van der Waals surface area contributed by atoms with Gasteiger partial charge in [0, 0.05) is 43.4 Å². The molecule has 1 fully saturated rings. The number of rotatable bonds is 6. The molecule has 146 valence electrons. The fraction of sp³-hybridized carbons (Fsp3) is 0.524. The number of amides is 2. The lowest BCUT2D eigenvalue weighted by Gasteiger charge is -2.36.